The van der Waals surface area contributed by atoms with Gasteiger partial charge < -0.3 is 19.8 Å². The van der Waals surface area contributed by atoms with Gasteiger partial charge in [-0.15, -0.1) is 0 Å². The molecule has 26 heavy (non-hydrogen) atoms. The molecule has 0 fully saturated rings. The van der Waals surface area contributed by atoms with Gasteiger partial charge in [-0.05, 0) is 18.4 Å². The zero-order chi connectivity index (χ0) is 19.3. The van der Waals surface area contributed by atoms with Crippen molar-refractivity contribution in [3.63, 3.8) is 0 Å². The van der Waals surface area contributed by atoms with Crippen LogP contribution in [0.1, 0.15) is 24.2 Å². The van der Waals surface area contributed by atoms with Crippen molar-refractivity contribution in [2.75, 3.05) is 13.2 Å². The fourth-order valence-corrected chi connectivity index (χ4v) is 2.47. The molecule has 0 aromatic heterocycles. The van der Waals surface area contributed by atoms with Crippen molar-refractivity contribution >= 4 is 28.6 Å². The van der Waals surface area contributed by atoms with Crippen LogP contribution in [-0.2, 0) is 14.4 Å². The van der Waals surface area contributed by atoms with Gasteiger partial charge in [0, 0.05) is 12.3 Å². The molecule has 8 nitrogen and oxygen atoms in total. The number of nitrogens with zero attached hydrogens (tertiary/aromatic N) is 1. The maximum Gasteiger partial charge on any atom is 0.367 e. The third-order valence-corrected chi connectivity index (χ3v) is 3.63. The van der Waals surface area contributed by atoms with Crippen LogP contribution in [-0.4, -0.2) is 52.4 Å². The molecular formula is C18H19NO7. The summed E-state index contributed by atoms with van der Waals surface area (Å²) in [6.45, 7) is 2.17. The first kappa shape index (κ1) is 19.2. The van der Waals surface area contributed by atoms with E-state index in [0.29, 0.717) is 17.1 Å². The molecule has 0 unspecified atom stereocenters. The highest BCUT2D eigenvalue weighted by atomic mass is 16.7. The summed E-state index contributed by atoms with van der Waals surface area (Å²) in [6.07, 6.45) is 0. The first-order chi connectivity index (χ1) is 12.4. The normalized spacial score (nSPS) is 11.7. The topological polar surface area (TPSA) is 113 Å². The van der Waals surface area contributed by atoms with Crippen molar-refractivity contribution in [1.29, 1.82) is 0 Å². The van der Waals surface area contributed by atoms with Gasteiger partial charge in [-0.3, -0.25) is 4.79 Å². The van der Waals surface area contributed by atoms with Crippen LogP contribution in [0.3, 0.4) is 0 Å². The summed E-state index contributed by atoms with van der Waals surface area (Å²) >= 11 is 0. The smallest absolute Gasteiger partial charge is 0.367 e. The first-order valence-electron chi connectivity index (χ1n) is 7.91. The number of hydroxylamine groups is 2. The minimum Gasteiger partial charge on any atom is -0.493 e. The van der Waals surface area contributed by atoms with E-state index in [1.54, 1.807) is 43.3 Å². The SMILES string of the molecule is CCOc1ccc2ccccc2c1C(=O)ON(C(C)=O)[C@@H](CO)C(=O)O. The molecule has 2 rings (SSSR count). The summed E-state index contributed by atoms with van der Waals surface area (Å²) in [5.41, 5.74) is 0.0679. The average Bonchev–Trinajstić information content (AvgIpc) is 2.61. The maximum atomic E-state index is 12.7. The van der Waals surface area contributed by atoms with E-state index in [2.05, 4.69) is 0 Å². The Hall–Kier alpha value is -3.13. The Morgan fingerprint density at radius 2 is 1.85 bits per heavy atom. The molecule has 1 atom stereocenters. The number of benzene rings is 2. The molecule has 0 aliphatic rings. The van der Waals surface area contributed by atoms with Crippen molar-refractivity contribution in [2.24, 2.45) is 0 Å². The Bertz CT molecular complexity index is 833. The lowest BCUT2D eigenvalue weighted by molar-refractivity contribution is -0.188. The highest BCUT2D eigenvalue weighted by molar-refractivity contribution is 6.07. The Labute approximate surface area is 149 Å². The lowest BCUT2D eigenvalue weighted by Gasteiger charge is -2.25. The number of aliphatic carboxylic acids is 1. The van der Waals surface area contributed by atoms with Gasteiger partial charge in [-0.1, -0.05) is 30.3 Å². The van der Waals surface area contributed by atoms with Gasteiger partial charge >= 0.3 is 11.9 Å². The van der Waals surface area contributed by atoms with E-state index in [1.807, 2.05) is 0 Å². The van der Waals surface area contributed by atoms with E-state index in [4.69, 9.17) is 14.7 Å². The van der Waals surface area contributed by atoms with E-state index >= 15 is 0 Å². The van der Waals surface area contributed by atoms with E-state index in [1.165, 1.54) is 0 Å². The number of carbonyl (C=O) groups is 3. The highest BCUT2D eigenvalue weighted by Gasteiger charge is 2.32. The Kier molecular flexibility index (Phi) is 6.13. The van der Waals surface area contributed by atoms with Crippen LogP contribution in [0.25, 0.3) is 10.8 Å². The summed E-state index contributed by atoms with van der Waals surface area (Å²) in [5, 5.41) is 20.0. The number of ether oxygens (including phenoxy) is 1. The predicted molar refractivity (Wildman–Crippen MR) is 91.6 cm³/mol. The second kappa shape index (κ2) is 8.30. The van der Waals surface area contributed by atoms with Crippen molar-refractivity contribution in [3.8, 4) is 5.75 Å². The van der Waals surface area contributed by atoms with Gasteiger partial charge in [0.05, 0.1) is 13.2 Å². The first-order valence-corrected chi connectivity index (χ1v) is 7.91. The van der Waals surface area contributed by atoms with Crippen LogP contribution in [0.2, 0.25) is 0 Å². The molecule has 138 valence electrons. The van der Waals surface area contributed by atoms with E-state index in [0.717, 1.165) is 12.3 Å². The summed E-state index contributed by atoms with van der Waals surface area (Å²) in [4.78, 5) is 40.7. The van der Waals surface area contributed by atoms with Crippen LogP contribution < -0.4 is 4.74 Å². The Balaban J connectivity index is 2.49. The van der Waals surface area contributed by atoms with Crippen molar-refractivity contribution in [3.05, 3.63) is 42.0 Å². The Morgan fingerprint density at radius 3 is 2.42 bits per heavy atom. The summed E-state index contributed by atoms with van der Waals surface area (Å²) in [5.74, 6) is -3.05. The monoisotopic (exact) mass is 361 g/mol. The molecular weight excluding hydrogens is 342 g/mol. The largest absolute Gasteiger partial charge is 0.493 e. The fourth-order valence-electron chi connectivity index (χ4n) is 2.47. The summed E-state index contributed by atoms with van der Waals surface area (Å²) in [6, 6.07) is 8.67. The van der Waals surface area contributed by atoms with Gasteiger partial charge in [0.1, 0.15) is 11.3 Å². The second-order valence-electron chi connectivity index (χ2n) is 5.35. The number of hydrogen-bond donors (Lipinski definition) is 2. The lowest BCUT2D eigenvalue weighted by Crippen LogP contribution is -2.47. The number of carboxylic acid groups (broad SMARTS) is 1. The van der Waals surface area contributed by atoms with E-state index < -0.39 is 30.5 Å². The van der Waals surface area contributed by atoms with E-state index in [-0.39, 0.29) is 11.3 Å². The number of rotatable bonds is 6. The van der Waals surface area contributed by atoms with E-state index in [9.17, 15) is 19.5 Å². The number of amides is 1. The predicted octanol–water partition coefficient (Wildman–Crippen LogP) is 1.60. The van der Waals surface area contributed by atoms with Crippen molar-refractivity contribution < 1.29 is 34.2 Å². The van der Waals surface area contributed by atoms with Crippen molar-refractivity contribution in [2.45, 2.75) is 19.9 Å². The Morgan fingerprint density at radius 1 is 1.15 bits per heavy atom. The third-order valence-electron chi connectivity index (χ3n) is 3.63. The number of hydrogen-bond acceptors (Lipinski definition) is 6. The second-order valence-corrected chi connectivity index (χ2v) is 5.35. The summed E-state index contributed by atoms with van der Waals surface area (Å²) < 4.78 is 5.47. The molecule has 0 bridgehead atoms. The zero-order valence-corrected chi connectivity index (χ0v) is 14.3. The van der Waals surface area contributed by atoms with Gasteiger partial charge in [-0.2, -0.15) is 5.06 Å². The molecule has 0 spiro atoms. The fraction of sp³-hybridized carbons (Fsp3) is 0.278. The molecule has 2 aromatic rings. The third kappa shape index (κ3) is 3.92. The van der Waals surface area contributed by atoms with Crippen LogP contribution in [0.5, 0.6) is 5.75 Å². The zero-order valence-electron chi connectivity index (χ0n) is 14.3. The van der Waals surface area contributed by atoms with Gasteiger partial charge in [0.25, 0.3) is 5.91 Å². The maximum absolute atomic E-state index is 12.7. The molecule has 1 amide bonds. The molecule has 2 N–H and O–H groups in total. The molecule has 0 saturated heterocycles. The number of aliphatic hydroxyl groups excluding tert-OH is 1. The minimum absolute atomic E-state index is 0.0679. The van der Waals surface area contributed by atoms with Gasteiger partial charge in [0.15, 0.2) is 6.04 Å². The van der Waals surface area contributed by atoms with Crippen LogP contribution in [0.4, 0.5) is 0 Å². The van der Waals surface area contributed by atoms with Gasteiger partial charge in [-0.25, -0.2) is 9.59 Å². The average molecular weight is 361 g/mol. The molecule has 0 heterocycles. The molecule has 0 aliphatic carbocycles. The molecule has 0 aliphatic heterocycles. The molecule has 2 aromatic carbocycles. The molecule has 0 saturated carbocycles. The standard InChI is InChI=1S/C18H19NO7/c1-3-25-15-9-8-12-6-4-5-7-13(12)16(15)18(24)26-19(11(2)21)14(10-20)17(22)23/h4-9,14,20H,3,10H2,1-2H3,(H,22,23)/t14-/m0/s1. The lowest BCUT2D eigenvalue weighted by atomic mass is 10.0. The van der Waals surface area contributed by atoms with Crippen LogP contribution in [0.15, 0.2) is 36.4 Å². The van der Waals surface area contributed by atoms with Crippen LogP contribution in [0, 0.1) is 0 Å². The molecule has 8 heteroatoms. The number of aliphatic hydroxyl groups is 1. The van der Waals surface area contributed by atoms with Crippen LogP contribution >= 0.6 is 0 Å². The number of carboxylic acids is 1. The van der Waals surface area contributed by atoms with Crippen molar-refractivity contribution in [1.82, 2.24) is 5.06 Å². The molecule has 0 radical (unpaired) electrons. The quantitative estimate of drug-likeness (QED) is 0.751. The van der Waals surface area contributed by atoms with Gasteiger partial charge in [0.2, 0.25) is 0 Å². The summed E-state index contributed by atoms with van der Waals surface area (Å²) in [7, 11) is 0. The number of carbonyl (C=O) groups excluding carboxylic acids is 2. The highest BCUT2D eigenvalue weighted by Crippen LogP contribution is 2.29. The number of fused-ring (bicyclic) bond motifs is 1. The minimum atomic E-state index is -1.71.